The molecule has 0 rings (SSSR count). The van der Waals surface area contributed by atoms with Crippen molar-refractivity contribution in [3.63, 3.8) is 0 Å². The number of hydrogen-bond acceptors (Lipinski definition) is 3. The molecule has 0 aromatic rings. The Morgan fingerprint density at radius 1 is 1.58 bits per heavy atom. The minimum atomic E-state index is -0.0727. The van der Waals surface area contributed by atoms with Gasteiger partial charge in [0, 0.05) is 4.75 Å². The Kier molecular flexibility index (Phi) is 4.75. The predicted molar refractivity (Wildman–Crippen MR) is 50.8 cm³/mol. The Labute approximate surface area is 77.5 Å². The zero-order valence-corrected chi connectivity index (χ0v) is 8.49. The molecule has 0 saturated heterocycles. The van der Waals surface area contributed by atoms with Crippen LogP contribution in [0, 0.1) is 11.3 Å². The van der Waals surface area contributed by atoms with Gasteiger partial charge in [0.25, 0.3) is 0 Å². The first-order valence-electron chi connectivity index (χ1n) is 3.73. The summed E-state index contributed by atoms with van der Waals surface area (Å²) in [4.78, 5) is 11.0. The number of rotatable bonds is 3. The van der Waals surface area contributed by atoms with Crippen LogP contribution in [0.15, 0.2) is 0 Å². The lowest BCUT2D eigenvalue weighted by Gasteiger charge is -2.16. The van der Waals surface area contributed by atoms with Crippen molar-refractivity contribution >= 4 is 17.7 Å². The van der Waals surface area contributed by atoms with Crippen LogP contribution in [0.5, 0.6) is 0 Å². The van der Waals surface area contributed by atoms with Crippen molar-refractivity contribution in [2.45, 2.75) is 25.5 Å². The number of carbonyl (C=O) groups is 1. The minimum Gasteiger partial charge on any atom is -0.342 e. The lowest BCUT2D eigenvalue weighted by molar-refractivity contribution is -0.118. The Morgan fingerprint density at radius 3 is 2.58 bits per heavy atom. The van der Waals surface area contributed by atoms with Crippen molar-refractivity contribution in [2.75, 3.05) is 12.3 Å². The van der Waals surface area contributed by atoms with Gasteiger partial charge in [0.2, 0.25) is 5.91 Å². The van der Waals surface area contributed by atoms with Crippen LogP contribution >= 0.6 is 11.8 Å². The van der Waals surface area contributed by atoms with Crippen molar-refractivity contribution in [3.8, 4) is 6.07 Å². The zero-order chi connectivity index (χ0) is 9.61. The van der Waals surface area contributed by atoms with E-state index in [9.17, 15) is 4.79 Å². The zero-order valence-electron chi connectivity index (χ0n) is 7.68. The van der Waals surface area contributed by atoms with Crippen molar-refractivity contribution in [1.82, 2.24) is 5.32 Å². The lowest BCUT2D eigenvalue weighted by atomic mass is 10.3. The van der Waals surface area contributed by atoms with Crippen molar-refractivity contribution < 1.29 is 4.79 Å². The molecule has 0 atom stereocenters. The van der Waals surface area contributed by atoms with E-state index in [1.54, 1.807) is 11.8 Å². The highest BCUT2D eigenvalue weighted by Gasteiger charge is 2.12. The van der Waals surface area contributed by atoms with Crippen LogP contribution in [0.3, 0.4) is 0 Å². The summed E-state index contributed by atoms with van der Waals surface area (Å²) >= 11 is 1.57. The van der Waals surface area contributed by atoms with Gasteiger partial charge in [-0.05, 0) is 0 Å². The molecule has 0 saturated carbocycles. The second-order valence-electron chi connectivity index (χ2n) is 3.34. The Hall–Kier alpha value is -0.690. The molecule has 12 heavy (non-hydrogen) atoms. The van der Waals surface area contributed by atoms with Gasteiger partial charge in [-0.1, -0.05) is 20.8 Å². The topological polar surface area (TPSA) is 52.9 Å². The van der Waals surface area contributed by atoms with Crippen molar-refractivity contribution in [3.05, 3.63) is 0 Å². The molecule has 0 spiro atoms. The summed E-state index contributed by atoms with van der Waals surface area (Å²) in [5, 5.41) is 10.7. The Morgan fingerprint density at radius 2 is 2.17 bits per heavy atom. The van der Waals surface area contributed by atoms with E-state index in [1.165, 1.54) is 0 Å². The van der Waals surface area contributed by atoms with E-state index < -0.39 is 0 Å². The third-order valence-corrected chi connectivity index (χ3v) is 2.27. The van der Waals surface area contributed by atoms with Crippen LogP contribution < -0.4 is 5.32 Å². The quantitative estimate of drug-likeness (QED) is 0.673. The molecular weight excluding hydrogens is 172 g/mol. The fraction of sp³-hybridized carbons (Fsp3) is 0.750. The van der Waals surface area contributed by atoms with Crippen LogP contribution in [0.1, 0.15) is 20.8 Å². The Balaban J connectivity index is 3.53. The first-order chi connectivity index (χ1) is 5.45. The molecule has 0 unspecified atom stereocenters. The van der Waals surface area contributed by atoms with Gasteiger partial charge < -0.3 is 5.32 Å². The molecule has 1 N–H and O–H groups in total. The maximum Gasteiger partial charge on any atom is 0.230 e. The fourth-order valence-corrected chi connectivity index (χ4v) is 1.14. The Bertz CT molecular complexity index is 190. The summed E-state index contributed by atoms with van der Waals surface area (Å²) < 4.78 is 0.101. The molecule has 0 heterocycles. The maximum absolute atomic E-state index is 11.0. The molecule has 68 valence electrons. The third-order valence-electron chi connectivity index (χ3n) is 1.00. The van der Waals surface area contributed by atoms with E-state index in [0.29, 0.717) is 5.75 Å². The minimum absolute atomic E-state index is 0.0727. The van der Waals surface area contributed by atoms with E-state index in [0.717, 1.165) is 0 Å². The average molecular weight is 186 g/mol. The highest BCUT2D eigenvalue weighted by atomic mass is 32.2. The maximum atomic E-state index is 11.0. The van der Waals surface area contributed by atoms with Crippen LogP contribution in [0.2, 0.25) is 0 Å². The number of hydrogen-bond donors (Lipinski definition) is 1. The number of nitrogens with zero attached hydrogens (tertiary/aromatic N) is 1. The van der Waals surface area contributed by atoms with Crippen LogP contribution in [0.25, 0.3) is 0 Å². The third kappa shape index (κ3) is 7.42. The van der Waals surface area contributed by atoms with Gasteiger partial charge in [0.1, 0.15) is 6.54 Å². The van der Waals surface area contributed by atoms with E-state index in [-0.39, 0.29) is 17.2 Å². The van der Waals surface area contributed by atoms with Gasteiger partial charge in [-0.2, -0.15) is 5.26 Å². The van der Waals surface area contributed by atoms with E-state index >= 15 is 0 Å². The smallest absolute Gasteiger partial charge is 0.230 e. The standard InChI is InChI=1S/C8H14N2OS/c1-8(2,3)12-6-7(11)10-5-4-9/h5-6H2,1-3H3,(H,10,11). The van der Waals surface area contributed by atoms with Gasteiger partial charge in [0.05, 0.1) is 11.8 Å². The molecule has 0 fully saturated rings. The molecule has 0 bridgehead atoms. The second kappa shape index (κ2) is 5.04. The van der Waals surface area contributed by atoms with Gasteiger partial charge in [-0.3, -0.25) is 4.79 Å². The van der Waals surface area contributed by atoms with Crippen LogP contribution in [-0.2, 0) is 4.79 Å². The summed E-state index contributed by atoms with van der Waals surface area (Å²) in [6.45, 7) is 6.25. The fourth-order valence-electron chi connectivity index (χ4n) is 0.471. The monoisotopic (exact) mass is 186 g/mol. The number of thioether (sulfide) groups is 1. The summed E-state index contributed by atoms with van der Waals surface area (Å²) in [5.41, 5.74) is 0. The molecule has 0 aromatic carbocycles. The molecule has 0 aliphatic heterocycles. The predicted octanol–water partition coefficient (Wildman–Crippen LogP) is 1.16. The molecule has 0 aliphatic carbocycles. The number of carbonyl (C=O) groups excluding carboxylic acids is 1. The summed E-state index contributed by atoms with van der Waals surface area (Å²) in [6, 6.07) is 1.85. The van der Waals surface area contributed by atoms with E-state index in [1.807, 2.05) is 6.07 Å². The van der Waals surface area contributed by atoms with Crippen LogP contribution in [0.4, 0.5) is 0 Å². The first-order valence-corrected chi connectivity index (χ1v) is 4.72. The molecule has 4 heteroatoms. The lowest BCUT2D eigenvalue weighted by Crippen LogP contribution is -2.27. The molecule has 0 aliphatic rings. The van der Waals surface area contributed by atoms with Gasteiger partial charge in [-0.15, -0.1) is 11.8 Å². The summed E-state index contributed by atoms with van der Waals surface area (Å²) in [6.07, 6.45) is 0. The van der Waals surface area contributed by atoms with E-state index in [2.05, 4.69) is 26.1 Å². The van der Waals surface area contributed by atoms with Crippen molar-refractivity contribution in [2.24, 2.45) is 0 Å². The molecular formula is C8H14N2OS. The molecule has 1 amide bonds. The van der Waals surface area contributed by atoms with Gasteiger partial charge >= 0.3 is 0 Å². The molecule has 0 radical (unpaired) electrons. The number of nitriles is 1. The number of nitrogens with one attached hydrogen (secondary N) is 1. The van der Waals surface area contributed by atoms with E-state index in [4.69, 9.17) is 5.26 Å². The second-order valence-corrected chi connectivity index (χ2v) is 5.14. The molecule has 3 nitrogen and oxygen atoms in total. The molecule has 0 aromatic heterocycles. The SMILES string of the molecule is CC(C)(C)SCC(=O)NCC#N. The summed E-state index contributed by atoms with van der Waals surface area (Å²) in [7, 11) is 0. The number of amides is 1. The highest BCUT2D eigenvalue weighted by Crippen LogP contribution is 2.22. The largest absolute Gasteiger partial charge is 0.342 e. The normalized spacial score (nSPS) is 10.5. The first kappa shape index (κ1) is 11.3. The van der Waals surface area contributed by atoms with Crippen molar-refractivity contribution in [1.29, 1.82) is 5.26 Å². The van der Waals surface area contributed by atoms with Crippen LogP contribution in [-0.4, -0.2) is 23.0 Å². The summed E-state index contributed by atoms with van der Waals surface area (Å²) in [5.74, 6) is 0.349. The highest BCUT2D eigenvalue weighted by molar-refractivity contribution is 8.01. The van der Waals surface area contributed by atoms with Gasteiger partial charge in [-0.25, -0.2) is 0 Å². The van der Waals surface area contributed by atoms with Gasteiger partial charge in [0.15, 0.2) is 0 Å². The average Bonchev–Trinajstić information content (AvgIpc) is 1.95.